The van der Waals surface area contributed by atoms with Gasteiger partial charge in [0.25, 0.3) is 0 Å². The average Bonchev–Trinajstić information content (AvgIpc) is 2.59. The molecular weight excluding hydrogens is 292 g/mol. The first-order valence-electron chi connectivity index (χ1n) is 4.66. The number of hydrogen-bond acceptors (Lipinski definition) is 4. The third-order valence-corrected chi connectivity index (χ3v) is 3.10. The van der Waals surface area contributed by atoms with E-state index in [2.05, 4.69) is 36.5 Å². The van der Waals surface area contributed by atoms with E-state index in [-0.39, 0.29) is 6.03 Å². The van der Waals surface area contributed by atoms with Crippen molar-refractivity contribution >= 4 is 48.8 Å². The van der Waals surface area contributed by atoms with Crippen molar-refractivity contribution in [3.63, 3.8) is 0 Å². The molecule has 0 spiro atoms. The lowest BCUT2D eigenvalue weighted by atomic mass is 10.5. The van der Waals surface area contributed by atoms with Crippen molar-refractivity contribution in [1.82, 2.24) is 15.3 Å². The van der Waals surface area contributed by atoms with E-state index >= 15 is 0 Å². The third kappa shape index (κ3) is 2.48. The number of carbonyl (C=O) groups excluding carboxylic acids is 1. The largest absolute Gasteiger partial charge is 0.338 e. The van der Waals surface area contributed by atoms with Crippen LogP contribution in [0.5, 0.6) is 0 Å². The summed E-state index contributed by atoms with van der Waals surface area (Å²) < 4.78 is 0.870. The Morgan fingerprint density at radius 2 is 2.44 bits per heavy atom. The fourth-order valence-electron chi connectivity index (χ4n) is 1.15. The Hall–Kier alpha value is -1.21. The zero-order valence-electron chi connectivity index (χ0n) is 8.45. The molecule has 2 heterocycles. The van der Waals surface area contributed by atoms with Crippen LogP contribution in [0.2, 0.25) is 0 Å². The van der Waals surface area contributed by atoms with Crippen LogP contribution < -0.4 is 10.6 Å². The van der Waals surface area contributed by atoms with Gasteiger partial charge >= 0.3 is 6.03 Å². The second-order valence-corrected chi connectivity index (χ2v) is 4.87. The summed E-state index contributed by atoms with van der Waals surface area (Å²) in [6.45, 7) is 2.44. The summed E-state index contributed by atoms with van der Waals surface area (Å²) >= 11 is 4.66. The summed E-state index contributed by atoms with van der Waals surface area (Å²) in [5, 5.41) is 5.84. The molecule has 2 aromatic heterocycles. The van der Waals surface area contributed by atoms with Crippen LogP contribution in [0.3, 0.4) is 0 Å². The molecule has 0 aromatic carbocycles. The Kier molecular flexibility index (Phi) is 3.35. The van der Waals surface area contributed by atoms with Crippen molar-refractivity contribution in [3.8, 4) is 0 Å². The van der Waals surface area contributed by atoms with E-state index in [1.54, 1.807) is 6.20 Å². The summed E-state index contributed by atoms with van der Waals surface area (Å²) in [6, 6.07) is 1.61. The molecule has 2 N–H and O–H groups in total. The molecule has 7 heteroatoms. The molecule has 0 atom stereocenters. The molecule has 0 saturated heterocycles. The molecule has 5 nitrogen and oxygen atoms in total. The van der Waals surface area contributed by atoms with Crippen LogP contribution in [-0.4, -0.2) is 22.5 Å². The zero-order chi connectivity index (χ0) is 11.5. The van der Waals surface area contributed by atoms with Crippen molar-refractivity contribution in [1.29, 1.82) is 0 Å². The fourth-order valence-corrected chi connectivity index (χ4v) is 2.26. The molecule has 16 heavy (non-hydrogen) atoms. The second kappa shape index (κ2) is 4.75. The van der Waals surface area contributed by atoms with Gasteiger partial charge in [-0.3, -0.25) is 5.32 Å². The second-order valence-electron chi connectivity index (χ2n) is 2.98. The molecule has 0 saturated carbocycles. The lowest BCUT2D eigenvalue weighted by Crippen LogP contribution is -2.28. The van der Waals surface area contributed by atoms with Gasteiger partial charge in [-0.15, -0.1) is 0 Å². The molecule has 2 aromatic rings. The molecule has 0 aliphatic carbocycles. The molecule has 0 unspecified atom stereocenters. The molecule has 2 rings (SSSR count). The van der Waals surface area contributed by atoms with Crippen molar-refractivity contribution in [3.05, 3.63) is 16.7 Å². The normalized spacial score (nSPS) is 10.4. The van der Waals surface area contributed by atoms with Gasteiger partial charge in [0.2, 0.25) is 0 Å². The fraction of sp³-hybridized carbons (Fsp3) is 0.222. The average molecular weight is 301 g/mol. The number of thiazole rings is 1. The molecule has 0 aliphatic heterocycles. The number of nitrogens with zero attached hydrogens (tertiary/aromatic N) is 2. The van der Waals surface area contributed by atoms with Crippen LogP contribution in [0.25, 0.3) is 10.3 Å². The number of halogens is 1. The van der Waals surface area contributed by atoms with Crippen LogP contribution in [-0.2, 0) is 0 Å². The summed E-state index contributed by atoms with van der Waals surface area (Å²) in [5.41, 5.74) is 0.770. The zero-order valence-corrected chi connectivity index (χ0v) is 10.9. The number of anilines is 1. The van der Waals surface area contributed by atoms with Gasteiger partial charge in [-0.1, -0.05) is 11.3 Å². The van der Waals surface area contributed by atoms with Crippen molar-refractivity contribution in [2.45, 2.75) is 6.92 Å². The van der Waals surface area contributed by atoms with Crippen LogP contribution >= 0.6 is 27.3 Å². The van der Waals surface area contributed by atoms with Gasteiger partial charge in [0.05, 0.1) is 0 Å². The molecular formula is C9H9BrN4OS. The van der Waals surface area contributed by atoms with Gasteiger partial charge in [0.1, 0.15) is 10.3 Å². The van der Waals surface area contributed by atoms with E-state index in [1.807, 2.05) is 13.0 Å². The number of carbonyl (C=O) groups is 1. The molecule has 0 aliphatic rings. The van der Waals surface area contributed by atoms with E-state index in [1.165, 1.54) is 11.3 Å². The number of aromatic nitrogens is 2. The minimum absolute atomic E-state index is 0.249. The number of rotatable bonds is 2. The van der Waals surface area contributed by atoms with Crippen LogP contribution in [0.1, 0.15) is 6.92 Å². The maximum Gasteiger partial charge on any atom is 0.321 e. The summed E-state index contributed by atoms with van der Waals surface area (Å²) in [5.74, 6) is 0. The lowest BCUT2D eigenvalue weighted by Gasteiger charge is -2.00. The first-order valence-corrected chi connectivity index (χ1v) is 6.27. The van der Waals surface area contributed by atoms with Crippen molar-refractivity contribution in [2.24, 2.45) is 0 Å². The Labute approximate surface area is 104 Å². The molecule has 84 valence electrons. The van der Waals surface area contributed by atoms with E-state index in [0.29, 0.717) is 11.7 Å². The maximum atomic E-state index is 11.3. The monoisotopic (exact) mass is 300 g/mol. The molecule has 2 amide bonds. The minimum atomic E-state index is -0.249. The van der Waals surface area contributed by atoms with Gasteiger partial charge in [-0.2, -0.15) is 0 Å². The topological polar surface area (TPSA) is 66.9 Å². The van der Waals surface area contributed by atoms with Gasteiger partial charge in [0, 0.05) is 17.2 Å². The SMILES string of the molecule is CCNC(=O)Nc1nc2cc(Br)cnc2s1. The van der Waals surface area contributed by atoms with Crippen LogP contribution in [0.4, 0.5) is 9.93 Å². The van der Waals surface area contributed by atoms with Crippen molar-refractivity contribution in [2.75, 3.05) is 11.9 Å². The number of hydrogen-bond donors (Lipinski definition) is 2. The summed E-state index contributed by atoms with van der Waals surface area (Å²) in [7, 11) is 0. The first kappa shape index (κ1) is 11.3. The Morgan fingerprint density at radius 1 is 1.62 bits per heavy atom. The molecule has 0 radical (unpaired) electrons. The minimum Gasteiger partial charge on any atom is -0.338 e. The third-order valence-electron chi connectivity index (χ3n) is 1.77. The quantitative estimate of drug-likeness (QED) is 0.896. The molecule has 0 fully saturated rings. The highest BCUT2D eigenvalue weighted by Gasteiger charge is 2.07. The number of pyridine rings is 1. The predicted octanol–water partition coefficient (Wildman–Crippen LogP) is 2.60. The number of fused-ring (bicyclic) bond motifs is 1. The van der Waals surface area contributed by atoms with Gasteiger partial charge < -0.3 is 5.32 Å². The molecule has 0 bridgehead atoms. The Morgan fingerprint density at radius 3 is 3.19 bits per heavy atom. The van der Waals surface area contributed by atoms with Gasteiger partial charge in [0.15, 0.2) is 5.13 Å². The number of nitrogens with one attached hydrogen (secondary N) is 2. The number of amides is 2. The Balaban J connectivity index is 2.23. The van der Waals surface area contributed by atoms with E-state index in [9.17, 15) is 4.79 Å². The van der Waals surface area contributed by atoms with Crippen LogP contribution in [0.15, 0.2) is 16.7 Å². The summed E-state index contributed by atoms with van der Waals surface area (Å²) in [4.78, 5) is 20.5. The highest BCUT2D eigenvalue weighted by molar-refractivity contribution is 9.10. The Bertz CT molecular complexity index is 527. The van der Waals surface area contributed by atoms with Crippen molar-refractivity contribution < 1.29 is 4.79 Å². The predicted molar refractivity (Wildman–Crippen MR) is 67.8 cm³/mol. The van der Waals surface area contributed by atoms with E-state index in [4.69, 9.17) is 0 Å². The van der Waals surface area contributed by atoms with E-state index < -0.39 is 0 Å². The van der Waals surface area contributed by atoms with Gasteiger partial charge in [-0.05, 0) is 28.9 Å². The highest BCUT2D eigenvalue weighted by atomic mass is 79.9. The number of urea groups is 1. The van der Waals surface area contributed by atoms with E-state index in [0.717, 1.165) is 14.8 Å². The first-order chi connectivity index (χ1) is 7.69. The smallest absolute Gasteiger partial charge is 0.321 e. The van der Waals surface area contributed by atoms with Crippen LogP contribution in [0, 0.1) is 0 Å². The van der Waals surface area contributed by atoms with Gasteiger partial charge in [-0.25, -0.2) is 14.8 Å². The highest BCUT2D eigenvalue weighted by Crippen LogP contribution is 2.25. The standard InChI is InChI=1S/C9H9BrN4OS/c1-2-11-8(15)14-9-13-6-3-5(10)4-12-7(6)16-9/h3-4H,2H2,1H3,(H2,11,13,14,15). The maximum absolute atomic E-state index is 11.3. The lowest BCUT2D eigenvalue weighted by molar-refractivity contribution is 0.252. The summed E-state index contributed by atoms with van der Waals surface area (Å²) in [6.07, 6.45) is 1.70.